The number of unbranched alkanes of at least 4 members (excludes halogenated alkanes) is 2. The molecule has 6 rings (SSSR count). The highest BCUT2D eigenvalue weighted by atomic mass is 28.2. The van der Waals surface area contributed by atoms with Crippen LogP contribution in [0.25, 0.3) is 0 Å². The molecular weight excluding hydrogens is 559 g/mol. The fourth-order valence-electron chi connectivity index (χ4n) is 6.23. The first-order valence-corrected chi connectivity index (χ1v) is 17.6. The number of hydrogen-bond acceptors (Lipinski definition) is 1. The number of imidazole rings is 1. The molecule has 0 saturated heterocycles. The molecule has 0 unspecified atom stereocenters. The smallest absolute Gasteiger partial charge is 0.233 e. The molecule has 5 aromatic carbocycles. The number of rotatable bonds is 12. The molecule has 224 valence electrons. The van der Waals surface area contributed by atoms with E-state index in [2.05, 4.69) is 163 Å². The summed E-state index contributed by atoms with van der Waals surface area (Å²) in [6.45, 7) is 6.48. The van der Waals surface area contributed by atoms with E-state index >= 15 is 0 Å². The number of aromatic nitrogens is 2. The van der Waals surface area contributed by atoms with Crippen molar-refractivity contribution in [3.63, 3.8) is 0 Å². The van der Waals surface area contributed by atoms with Crippen molar-refractivity contribution in [2.45, 2.75) is 37.8 Å². The molecule has 0 atom stereocenters. The minimum absolute atomic E-state index is 0.207. The van der Waals surface area contributed by atoms with Crippen LogP contribution < -0.4 is 16.1 Å². The highest BCUT2D eigenvalue weighted by molar-refractivity contribution is 6.89. The van der Waals surface area contributed by atoms with Gasteiger partial charge in [0, 0.05) is 12.4 Å². The summed E-state index contributed by atoms with van der Waals surface area (Å²) in [5.74, 6) is 1.99. The summed E-state index contributed by atoms with van der Waals surface area (Å²) in [6, 6.07) is 52.1. The van der Waals surface area contributed by atoms with E-state index in [0.29, 0.717) is 6.71 Å². The molecule has 0 aliphatic carbocycles. The van der Waals surface area contributed by atoms with Gasteiger partial charge in [0.05, 0.1) is 21.0 Å². The van der Waals surface area contributed by atoms with Crippen molar-refractivity contribution >= 4 is 32.3 Å². The number of hydrogen-bond donors (Lipinski definition) is 0. The van der Waals surface area contributed by atoms with Crippen molar-refractivity contribution < 1.29 is 0 Å². The van der Waals surface area contributed by atoms with Gasteiger partial charge in [-0.1, -0.05) is 181 Å². The Morgan fingerprint density at radius 2 is 1.27 bits per heavy atom. The second-order valence-corrected chi connectivity index (χ2v) is 13.7. The van der Waals surface area contributed by atoms with Gasteiger partial charge in [-0.3, -0.25) is 0 Å². The third kappa shape index (κ3) is 8.09. The Morgan fingerprint density at radius 1 is 0.711 bits per heavy atom. The van der Waals surface area contributed by atoms with E-state index in [1.54, 1.807) is 0 Å². The minimum atomic E-state index is -0.797. The van der Waals surface area contributed by atoms with Crippen LogP contribution in [0.3, 0.4) is 0 Å². The van der Waals surface area contributed by atoms with Crippen molar-refractivity contribution in [2.75, 3.05) is 0 Å². The van der Waals surface area contributed by atoms with Gasteiger partial charge in [-0.2, -0.15) is 0 Å². The summed E-state index contributed by atoms with van der Waals surface area (Å²) < 4.78 is 2.33. The lowest BCUT2D eigenvalue weighted by molar-refractivity contribution is 0.596. The van der Waals surface area contributed by atoms with Gasteiger partial charge < -0.3 is 4.57 Å². The lowest BCUT2D eigenvalue weighted by atomic mass is 9.41. The lowest BCUT2D eigenvalue weighted by Crippen LogP contribution is -2.46. The Balaban J connectivity index is 0.000000223. The third-order valence-corrected chi connectivity index (χ3v) is 11.1. The molecule has 0 radical (unpaired) electrons. The van der Waals surface area contributed by atoms with Gasteiger partial charge in [0.2, 0.25) is 6.71 Å². The van der Waals surface area contributed by atoms with Gasteiger partial charge in [0.25, 0.3) is 0 Å². The van der Waals surface area contributed by atoms with Gasteiger partial charge in [-0.25, -0.2) is 4.98 Å². The third-order valence-electron chi connectivity index (χ3n) is 8.52. The zero-order valence-corrected chi connectivity index (χ0v) is 27.8. The summed E-state index contributed by atoms with van der Waals surface area (Å²) >= 11 is 0. The fraction of sp³-hybridized carbons (Fsp3) is 0.146. The Hall–Kier alpha value is -4.67. The van der Waals surface area contributed by atoms with Gasteiger partial charge in [-0.05, 0) is 29.5 Å². The van der Waals surface area contributed by atoms with Crippen LogP contribution in [0, 0.1) is 0 Å². The molecule has 45 heavy (non-hydrogen) atoms. The SMILES string of the molecule is C=CB(c1ccccc1)c1ccccc1.CCCCCc1cccc([SiH2]C(c2ccccc2)(c2ccccc2)n2ccnc2)c1. The zero-order chi connectivity index (χ0) is 31.2. The molecule has 0 aliphatic rings. The van der Waals surface area contributed by atoms with E-state index in [-0.39, 0.29) is 5.16 Å². The Labute approximate surface area is 272 Å². The van der Waals surface area contributed by atoms with Crippen LogP contribution in [-0.4, -0.2) is 25.8 Å². The second-order valence-electron chi connectivity index (χ2n) is 11.6. The predicted molar refractivity (Wildman–Crippen MR) is 197 cm³/mol. The van der Waals surface area contributed by atoms with E-state index < -0.39 is 9.52 Å². The average Bonchev–Trinajstić information content (AvgIpc) is 3.66. The van der Waals surface area contributed by atoms with Crippen molar-refractivity contribution in [1.29, 1.82) is 0 Å². The van der Waals surface area contributed by atoms with Gasteiger partial charge in [0.15, 0.2) is 0 Å². The summed E-state index contributed by atoms with van der Waals surface area (Å²) in [7, 11) is -0.797. The first kappa shape index (κ1) is 31.7. The van der Waals surface area contributed by atoms with Crippen LogP contribution in [0.15, 0.2) is 177 Å². The standard InChI is InChI=1S/C27H30N2Si.C14H13B/c1-2-3-6-12-23-13-11-18-26(21-23)30-27(29-20-19-28-22-29,24-14-7-4-8-15-24)25-16-9-5-10-17-25;1-2-15(13-9-5-3-6-10-13)14-11-7-4-8-12-14/h4-5,7-11,13-22H,2-3,6,12,30H2,1H3;2-12H,1H2. The second kappa shape index (κ2) is 16.4. The van der Waals surface area contributed by atoms with E-state index in [0.717, 1.165) is 0 Å². The number of aryl methyl sites for hydroxylation is 1. The summed E-state index contributed by atoms with van der Waals surface area (Å²) in [5, 5.41) is 1.28. The highest BCUT2D eigenvalue weighted by Gasteiger charge is 2.36. The normalized spacial score (nSPS) is 11.1. The molecule has 0 spiro atoms. The van der Waals surface area contributed by atoms with Crippen LogP contribution >= 0.6 is 0 Å². The largest absolute Gasteiger partial charge is 0.326 e. The summed E-state index contributed by atoms with van der Waals surface area (Å²) in [5.41, 5.74) is 6.71. The quantitative estimate of drug-likeness (QED) is 0.110. The Morgan fingerprint density at radius 3 is 1.76 bits per heavy atom. The molecule has 6 aromatic rings. The molecule has 1 heterocycles. The topological polar surface area (TPSA) is 17.8 Å². The van der Waals surface area contributed by atoms with Crippen LogP contribution in [-0.2, 0) is 11.6 Å². The minimum Gasteiger partial charge on any atom is -0.326 e. The molecule has 2 nitrogen and oxygen atoms in total. The molecule has 1 aromatic heterocycles. The molecule has 0 saturated carbocycles. The molecule has 0 bridgehead atoms. The zero-order valence-electron chi connectivity index (χ0n) is 26.4. The van der Waals surface area contributed by atoms with Crippen LogP contribution in [0.4, 0.5) is 0 Å². The van der Waals surface area contributed by atoms with Gasteiger partial charge >= 0.3 is 0 Å². The van der Waals surface area contributed by atoms with Crippen molar-refractivity contribution in [3.8, 4) is 0 Å². The molecule has 0 fully saturated rings. The van der Waals surface area contributed by atoms with Gasteiger partial charge in [0.1, 0.15) is 0 Å². The fourth-order valence-corrected chi connectivity index (χ4v) is 8.69. The molecule has 0 aliphatic heterocycles. The van der Waals surface area contributed by atoms with Crippen LogP contribution in [0.5, 0.6) is 0 Å². The summed E-state index contributed by atoms with van der Waals surface area (Å²) in [6.07, 6.45) is 11.0. The monoisotopic (exact) mass is 602 g/mol. The van der Waals surface area contributed by atoms with E-state index in [4.69, 9.17) is 0 Å². The molecular formula is C41H43BN2Si. The first-order chi connectivity index (χ1) is 22.2. The van der Waals surface area contributed by atoms with Crippen molar-refractivity contribution in [3.05, 3.63) is 194 Å². The maximum absolute atomic E-state index is 4.43. The van der Waals surface area contributed by atoms with Crippen molar-refractivity contribution in [2.24, 2.45) is 0 Å². The Kier molecular flexibility index (Phi) is 11.6. The van der Waals surface area contributed by atoms with E-state index in [1.807, 2.05) is 30.6 Å². The lowest BCUT2D eigenvalue weighted by Gasteiger charge is -2.37. The van der Waals surface area contributed by atoms with Gasteiger partial charge in [-0.15, -0.1) is 12.6 Å². The van der Waals surface area contributed by atoms with Crippen LogP contribution in [0.2, 0.25) is 0 Å². The number of benzene rings is 5. The average molecular weight is 603 g/mol. The highest BCUT2D eigenvalue weighted by Crippen LogP contribution is 2.33. The molecule has 0 N–H and O–H groups in total. The number of nitrogens with zero attached hydrogens (tertiary/aromatic N) is 2. The summed E-state index contributed by atoms with van der Waals surface area (Å²) in [4.78, 5) is 4.43. The van der Waals surface area contributed by atoms with E-state index in [9.17, 15) is 0 Å². The maximum atomic E-state index is 4.43. The van der Waals surface area contributed by atoms with Crippen molar-refractivity contribution in [1.82, 2.24) is 9.55 Å². The Bertz CT molecular complexity index is 1610. The molecule has 4 heteroatoms. The predicted octanol–water partition coefficient (Wildman–Crippen LogP) is 6.88. The first-order valence-electron chi connectivity index (χ1n) is 16.1. The van der Waals surface area contributed by atoms with Crippen LogP contribution in [0.1, 0.15) is 42.9 Å². The maximum Gasteiger partial charge on any atom is 0.233 e. The molecule has 0 amide bonds. The van der Waals surface area contributed by atoms with E-state index in [1.165, 1.54) is 58.5 Å².